The number of nitrogens with zero attached hydrogens (tertiary/aromatic N) is 1. The van der Waals surface area contributed by atoms with Gasteiger partial charge in [0, 0.05) is 24.0 Å². The van der Waals surface area contributed by atoms with Crippen LogP contribution in [0, 0.1) is 5.92 Å². The minimum atomic E-state index is -3.49. The lowest BCUT2D eigenvalue weighted by Gasteiger charge is -2.27. The van der Waals surface area contributed by atoms with Crippen molar-refractivity contribution in [3.63, 3.8) is 0 Å². The van der Waals surface area contributed by atoms with Crippen LogP contribution in [0.15, 0.2) is 58.1 Å². The van der Waals surface area contributed by atoms with Crippen molar-refractivity contribution in [3.05, 3.63) is 60.1 Å². The van der Waals surface area contributed by atoms with Crippen LogP contribution in [-0.2, 0) is 21.2 Å². The van der Waals surface area contributed by atoms with Crippen molar-refractivity contribution in [1.29, 1.82) is 0 Å². The molecule has 3 aromatic rings. The number of ketones is 1. The predicted molar refractivity (Wildman–Crippen MR) is 115 cm³/mol. The minimum Gasteiger partial charge on any atom is -0.449 e. The van der Waals surface area contributed by atoms with Gasteiger partial charge in [-0.3, -0.25) is 14.6 Å². The van der Waals surface area contributed by atoms with Gasteiger partial charge >= 0.3 is 0 Å². The van der Waals surface area contributed by atoms with Gasteiger partial charge in [0.15, 0.2) is 21.2 Å². The van der Waals surface area contributed by atoms with Gasteiger partial charge < -0.3 is 9.73 Å². The first-order valence-corrected chi connectivity index (χ1v) is 11.8. The van der Waals surface area contributed by atoms with Gasteiger partial charge in [-0.25, -0.2) is 8.42 Å². The molecule has 0 saturated heterocycles. The molecule has 0 spiro atoms. The summed E-state index contributed by atoms with van der Waals surface area (Å²) in [6, 6.07) is 9.95. The number of rotatable bonds is 6. The summed E-state index contributed by atoms with van der Waals surface area (Å²) in [5, 5.41) is 3.05. The van der Waals surface area contributed by atoms with Crippen LogP contribution in [0.25, 0.3) is 11.0 Å². The maximum absolute atomic E-state index is 13.0. The van der Waals surface area contributed by atoms with Crippen molar-refractivity contribution in [1.82, 2.24) is 10.3 Å². The number of amides is 1. The Kier molecular flexibility index (Phi) is 5.91. The van der Waals surface area contributed by atoms with Crippen LogP contribution < -0.4 is 5.32 Å². The summed E-state index contributed by atoms with van der Waals surface area (Å²) >= 11 is 0. The highest BCUT2D eigenvalue weighted by Gasteiger charge is 2.34. The monoisotopic (exact) mass is 440 g/mol. The number of carbonyl (C=O) groups excluding carboxylic acids is 2. The topological polar surface area (TPSA) is 106 Å². The minimum absolute atomic E-state index is 0.0618. The van der Waals surface area contributed by atoms with Crippen LogP contribution in [0.1, 0.15) is 48.7 Å². The smallest absolute Gasteiger partial charge is 0.287 e. The van der Waals surface area contributed by atoms with E-state index < -0.39 is 15.1 Å². The summed E-state index contributed by atoms with van der Waals surface area (Å²) < 4.78 is 31.5. The molecule has 1 amide bonds. The predicted octanol–water partition coefficient (Wildman–Crippen LogP) is 3.68. The van der Waals surface area contributed by atoms with Crippen molar-refractivity contribution in [3.8, 4) is 0 Å². The van der Waals surface area contributed by atoms with Crippen molar-refractivity contribution in [2.45, 2.75) is 49.3 Å². The fourth-order valence-electron chi connectivity index (χ4n) is 4.05. The Morgan fingerprint density at radius 3 is 2.65 bits per heavy atom. The molecule has 0 aliphatic heterocycles. The molecule has 1 aliphatic carbocycles. The van der Waals surface area contributed by atoms with Crippen LogP contribution in [0.5, 0.6) is 0 Å². The second-order valence-corrected chi connectivity index (χ2v) is 10.2. The van der Waals surface area contributed by atoms with Gasteiger partial charge in [-0.2, -0.15) is 0 Å². The number of aromatic nitrogens is 1. The van der Waals surface area contributed by atoms with Crippen molar-refractivity contribution < 1.29 is 22.4 Å². The second-order valence-electron chi connectivity index (χ2n) is 7.99. The maximum Gasteiger partial charge on any atom is 0.287 e. The first-order chi connectivity index (χ1) is 14.8. The average molecular weight is 441 g/mol. The molecule has 4 rings (SSSR count). The number of hydrogen-bond acceptors (Lipinski definition) is 6. The Hall–Kier alpha value is -3.00. The van der Waals surface area contributed by atoms with Gasteiger partial charge in [0.05, 0.1) is 16.3 Å². The second kappa shape index (κ2) is 8.63. The molecule has 8 heteroatoms. The zero-order chi connectivity index (χ0) is 22.0. The number of Topliss-reactive ketones (excluding diaryl/α,β-unsaturated/α-hetero) is 1. The van der Waals surface area contributed by atoms with E-state index in [1.165, 1.54) is 6.92 Å². The summed E-state index contributed by atoms with van der Waals surface area (Å²) in [4.78, 5) is 28.3. The zero-order valence-electron chi connectivity index (χ0n) is 17.2. The van der Waals surface area contributed by atoms with Gasteiger partial charge in [0.2, 0.25) is 0 Å². The van der Waals surface area contributed by atoms with Gasteiger partial charge in [0.25, 0.3) is 5.91 Å². The number of fused-ring (bicyclic) bond motifs is 1. The Balaban J connectivity index is 1.40. The molecule has 2 aromatic heterocycles. The third-order valence-electron chi connectivity index (χ3n) is 5.89. The van der Waals surface area contributed by atoms with Gasteiger partial charge in [-0.05, 0) is 56.0 Å². The molecule has 162 valence electrons. The Bertz CT molecular complexity index is 1180. The first kappa shape index (κ1) is 21.2. The summed E-state index contributed by atoms with van der Waals surface area (Å²) in [5.41, 5.74) is 1.31. The highest BCUT2D eigenvalue weighted by Crippen LogP contribution is 2.32. The fraction of sp³-hybridized carbons (Fsp3) is 0.348. The molecule has 2 heterocycles. The lowest BCUT2D eigenvalue weighted by molar-refractivity contribution is -0.121. The largest absolute Gasteiger partial charge is 0.449 e. The van der Waals surface area contributed by atoms with E-state index in [0.717, 1.165) is 23.8 Å². The molecule has 7 nitrogen and oxygen atoms in total. The van der Waals surface area contributed by atoms with E-state index in [-0.39, 0.29) is 34.8 Å². The van der Waals surface area contributed by atoms with E-state index in [2.05, 4.69) is 10.3 Å². The van der Waals surface area contributed by atoms with Gasteiger partial charge in [-0.15, -0.1) is 0 Å². The third-order valence-corrected chi connectivity index (χ3v) is 8.13. The van der Waals surface area contributed by atoms with Crippen molar-refractivity contribution in [2.75, 3.05) is 0 Å². The molecule has 1 saturated carbocycles. The van der Waals surface area contributed by atoms with Crippen LogP contribution in [-0.4, -0.2) is 30.3 Å². The Labute approximate surface area is 180 Å². The van der Waals surface area contributed by atoms with Crippen molar-refractivity contribution >= 4 is 32.5 Å². The highest BCUT2D eigenvalue weighted by molar-refractivity contribution is 7.92. The van der Waals surface area contributed by atoms with E-state index in [9.17, 15) is 18.0 Å². The highest BCUT2D eigenvalue weighted by atomic mass is 32.2. The standard InChI is InChI=1S/C23H24N2O5S/c1-15(26)17-3-2-4-20(11-17)31(28,29)19-7-5-16(6-8-19)13-25-23(27)21-12-18-9-10-24-14-22(18)30-21/h5-10,12,14,17,20H,2-4,11,13H2,1H3,(H,25,27). The summed E-state index contributed by atoms with van der Waals surface area (Å²) in [6.07, 6.45) is 5.66. The molecular formula is C23H24N2O5S. The molecular weight excluding hydrogens is 416 g/mol. The van der Waals surface area contributed by atoms with E-state index in [1.54, 1.807) is 48.8 Å². The Morgan fingerprint density at radius 2 is 1.94 bits per heavy atom. The van der Waals surface area contributed by atoms with Crippen LogP contribution in [0.2, 0.25) is 0 Å². The number of carbonyl (C=O) groups is 2. The first-order valence-electron chi connectivity index (χ1n) is 10.3. The fourth-order valence-corrected chi connectivity index (χ4v) is 5.91. The quantitative estimate of drug-likeness (QED) is 0.627. The number of benzene rings is 1. The number of nitrogens with one attached hydrogen (secondary N) is 1. The molecule has 1 aromatic carbocycles. The van der Waals surface area contributed by atoms with E-state index in [0.29, 0.717) is 18.4 Å². The number of hydrogen-bond donors (Lipinski definition) is 1. The lowest BCUT2D eigenvalue weighted by atomic mass is 9.86. The number of sulfone groups is 1. The zero-order valence-corrected chi connectivity index (χ0v) is 18.0. The van der Waals surface area contributed by atoms with E-state index in [4.69, 9.17) is 4.42 Å². The Morgan fingerprint density at radius 1 is 1.16 bits per heavy atom. The van der Waals surface area contributed by atoms with Crippen LogP contribution in [0.4, 0.5) is 0 Å². The molecule has 1 fully saturated rings. The maximum atomic E-state index is 13.0. The SMILES string of the molecule is CC(=O)C1CCCC(S(=O)(=O)c2ccc(CNC(=O)c3cc4ccncc4o3)cc2)C1. The molecule has 2 unspecified atom stereocenters. The normalized spacial score (nSPS) is 19.3. The molecule has 0 bridgehead atoms. The molecule has 1 N–H and O–H groups in total. The van der Waals surface area contributed by atoms with Gasteiger partial charge in [-0.1, -0.05) is 18.6 Å². The molecule has 1 aliphatic rings. The third kappa shape index (κ3) is 4.54. The summed E-state index contributed by atoms with van der Waals surface area (Å²) in [5.74, 6) is -0.270. The van der Waals surface area contributed by atoms with Gasteiger partial charge in [0.1, 0.15) is 5.78 Å². The average Bonchev–Trinajstić information content (AvgIpc) is 3.22. The molecule has 31 heavy (non-hydrogen) atoms. The van der Waals surface area contributed by atoms with Crippen molar-refractivity contribution in [2.24, 2.45) is 5.92 Å². The summed E-state index contributed by atoms with van der Waals surface area (Å²) in [6.45, 7) is 1.77. The van der Waals surface area contributed by atoms with E-state index in [1.807, 2.05) is 0 Å². The van der Waals surface area contributed by atoms with E-state index >= 15 is 0 Å². The van der Waals surface area contributed by atoms with Crippen LogP contribution >= 0.6 is 0 Å². The number of furan rings is 1. The summed E-state index contributed by atoms with van der Waals surface area (Å²) in [7, 11) is -3.49. The van der Waals surface area contributed by atoms with Crippen LogP contribution in [0.3, 0.4) is 0 Å². The number of pyridine rings is 1. The molecule has 0 radical (unpaired) electrons. The lowest BCUT2D eigenvalue weighted by Crippen LogP contribution is -2.31. The molecule has 2 atom stereocenters.